The summed E-state index contributed by atoms with van der Waals surface area (Å²) in [7, 11) is -3.90. The van der Waals surface area contributed by atoms with Gasteiger partial charge in [0.2, 0.25) is 0 Å². The zero-order valence-corrected chi connectivity index (χ0v) is 10.1. The molecule has 2 aromatic carbocycles. The summed E-state index contributed by atoms with van der Waals surface area (Å²) >= 11 is 0. The van der Waals surface area contributed by atoms with E-state index in [0.717, 1.165) is 0 Å². The molecular weight excluding hydrogens is 250 g/mol. The molecule has 0 unspecified atom stereocenters. The largest absolute Gasteiger partial charge is 0.379 e. The lowest BCUT2D eigenvalue weighted by Gasteiger charge is -2.06. The molecule has 0 spiro atoms. The van der Waals surface area contributed by atoms with Crippen LogP contribution in [0.4, 0.5) is 0 Å². The average molecular weight is 259 g/mol. The van der Waals surface area contributed by atoms with E-state index >= 15 is 0 Å². The van der Waals surface area contributed by atoms with Crippen LogP contribution in [-0.2, 0) is 10.1 Å². The van der Waals surface area contributed by atoms with Gasteiger partial charge < -0.3 is 4.18 Å². The monoisotopic (exact) mass is 259 g/mol. The van der Waals surface area contributed by atoms with Gasteiger partial charge in [-0.15, -0.1) is 0 Å². The summed E-state index contributed by atoms with van der Waals surface area (Å²) in [6.07, 6.45) is 0. The van der Waals surface area contributed by atoms with Crippen LogP contribution >= 0.6 is 0 Å². The van der Waals surface area contributed by atoms with Crippen molar-refractivity contribution in [1.29, 1.82) is 5.26 Å². The zero-order valence-electron chi connectivity index (χ0n) is 9.28. The van der Waals surface area contributed by atoms with E-state index in [-0.39, 0.29) is 16.2 Å². The lowest BCUT2D eigenvalue weighted by Crippen LogP contribution is -2.09. The highest BCUT2D eigenvalue weighted by atomic mass is 32.2. The van der Waals surface area contributed by atoms with E-state index in [9.17, 15) is 8.42 Å². The summed E-state index contributed by atoms with van der Waals surface area (Å²) in [5.41, 5.74) is 0.271. The predicted molar refractivity (Wildman–Crippen MR) is 65.4 cm³/mol. The predicted octanol–water partition coefficient (Wildman–Crippen LogP) is 2.33. The molecule has 0 bridgehead atoms. The first-order valence-corrected chi connectivity index (χ1v) is 6.52. The third-order valence-corrected chi connectivity index (χ3v) is 3.44. The number of rotatable bonds is 3. The summed E-state index contributed by atoms with van der Waals surface area (Å²) in [6, 6.07) is 15.8. The van der Waals surface area contributed by atoms with Gasteiger partial charge in [0.15, 0.2) is 0 Å². The van der Waals surface area contributed by atoms with Gasteiger partial charge in [0.25, 0.3) is 0 Å². The maximum absolute atomic E-state index is 11.9. The quantitative estimate of drug-likeness (QED) is 0.793. The van der Waals surface area contributed by atoms with Crippen LogP contribution in [0.3, 0.4) is 0 Å². The Morgan fingerprint density at radius 2 is 1.72 bits per heavy atom. The number of nitriles is 1. The molecule has 0 atom stereocenters. The SMILES string of the molecule is N#Cc1cccc(S(=O)(=O)Oc2ccccc2)c1. The van der Waals surface area contributed by atoms with Crippen molar-refractivity contribution in [1.82, 2.24) is 0 Å². The van der Waals surface area contributed by atoms with Gasteiger partial charge >= 0.3 is 10.1 Å². The molecule has 2 aromatic rings. The Hall–Kier alpha value is -2.32. The van der Waals surface area contributed by atoms with E-state index < -0.39 is 10.1 Å². The third kappa shape index (κ3) is 2.67. The fraction of sp³-hybridized carbons (Fsp3) is 0. The van der Waals surface area contributed by atoms with E-state index in [0.29, 0.717) is 0 Å². The van der Waals surface area contributed by atoms with Crippen molar-refractivity contribution in [2.75, 3.05) is 0 Å². The highest BCUT2D eigenvalue weighted by Gasteiger charge is 2.16. The molecule has 0 aliphatic heterocycles. The Kier molecular flexibility index (Phi) is 3.31. The van der Waals surface area contributed by atoms with Gasteiger partial charge in [0, 0.05) is 0 Å². The Labute approximate surface area is 105 Å². The van der Waals surface area contributed by atoms with Crippen LogP contribution in [0, 0.1) is 11.3 Å². The minimum atomic E-state index is -3.90. The number of para-hydroxylation sites is 1. The summed E-state index contributed by atoms with van der Waals surface area (Å²) in [4.78, 5) is -0.0367. The smallest absolute Gasteiger partial charge is 0.339 e. The molecule has 0 fully saturated rings. The van der Waals surface area contributed by atoms with Crippen LogP contribution in [0.1, 0.15) is 5.56 Å². The van der Waals surface area contributed by atoms with Crippen LogP contribution in [0.5, 0.6) is 5.75 Å². The molecular formula is C13H9NO3S. The molecule has 5 heteroatoms. The fourth-order valence-corrected chi connectivity index (χ4v) is 2.35. The fourth-order valence-electron chi connectivity index (χ4n) is 1.37. The first-order chi connectivity index (χ1) is 8.62. The van der Waals surface area contributed by atoms with Crippen molar-refractivity contribution in [2.24, 2.45) is 0 Å². The van der Waals surface area contributed by atoms with E-state index in [1.165, 1.54) is 24.3 Å². The van der Waals surface area contributed by atoms with Crippen molar-refractivity contribution < 1.29 is 12.6 Å². The second-order valence-corrected chi connectivity index (χ2v) is 5.04. The van der Waals surface area contributed by atoms with Crippen molar-refractivity contribution in [2.45, 2.75) is 4.90 Å². The number of hydrogen-bond donors (Lipinski definition) is 0. The molecule has 18 heavy (non-hydrogen) atoms. The Morgan fingerprint density at radius 1 is 1.00 bits per heavy atom. The minimum absolute atomic E-state index is 0.0367. The molecule has 0 amide bonds. The van der Waals surface area contributed by atoms with Crippen molar-refractivity contribution in [3.8, 4) is 11.8 Å². The van der Waals surface area contributed by atoms with Crippen molar-refractivity contribution >= 4 is 10.1 Å². The first-order valence-electron chi connectivity index (χ1n) is 5.11. The normalized spacial score (nSPS) is 10.6. The Balaban J connectivity index is 2.34. The Morgan fingerprint density at radius 3 is 2.39 bits per heavy atom. The minimum Gasteiger partial charge on any atom is -0.379 e. The molecule has 90 valence electrons. The number of hydrogen-bond acceptors (Lipinski definition) is 4. The molecule has 0 heterocycles. The highest BCUT2D eigenvalue weighted by molar-refractivity contribution is 7.87. The second kappa shape index (κ2) is 4.90. The summed E-state index contributed by atoms with van der Waals surface area (Å²) < 4.78 is 28.8. The zero-order chi connectivity index (χ0) is 13.0. The van der Waals surface area contributed by atoms with E-state index in [1.54, 1.807) is 30.3 Å². The molecule has 4 nitrogen and oxygen atoms in total. The summed E-state index contributed by atoms with van der Waals surface area (Å²) in [5, 5.41) is 8.73. The second-order valence-electron chi connectivity index (χ2n) is 3.49. The van der Waals surface area contributed by atoms with Gasteiger partial charge in [-0.25, -0.2) is 0 Å². The topological polar surface area (TPSA) is 67.2 Å². The molecule has 0 saturated carbocycles. The van der Waals surface area contributed by atoms with Gasteiger partial charge in [-0.3, -0.25) is 0 Å². The lowest BCUT2D eigenvalue weighted by atomic mass is 10.2. The van der Waals surface area contributed by atoms with Crippen molar-refractivity contribution in [3.05, 3.63) is 60.2 Å². The third-order valence-electron chi connectivity index (χ3n) is 2.20. The van der Waals surface area contributed by atoms with Gasteiger partial charge in [0.05, 0.1) is 11.6 Å². The number of nitrogens with zero attached hydrogens (tertiary/aromatic N) is 1. The van der Waals surface area contributed by atoms with Crippen LogP contribution in [0.15, 0.2) is 59.5 Å². The molecule has 0 radical (unpaired) electrons. The van der Waals surface area contributed by atoms with E-state index in [4.69, 9.17) is 9.44 Å². The van der Waals surface area contributed by atoms with Crippen molar-refractivity contribution in [3.63, 3.8) is 0 Å². The molecule has 2 rings (SSSR count). The van der Waals surface area contributed by atoms with Gasteiger partial charge in [0.1, 0.15) is 10.6 Å². The van der Waals surface area contributed by atoms with Crippen LogP contribution in [0.2, 0.25) is 0 Å². The van der Waals surface area contributed by atoms with E-state index in [1.807, 2.05) is 6.07 Å². The van der Waals surface area contributed by atoms with Crippen LogP contribution < -0.4 is 4.18 Å². The first kappa shape index (κ1) is 12.1. The maximum Gasteiger partial charge on any atom is 0.339 e. The van der Waals surface area contributed by atoms with Gasteiger partial charge in [-0.05, 0) is 30.3 Å². The summed E-state index contributed by atoms with van der Waals surface area (Å²) in [6.45, 7) is 0. The Bertz CT molecular complexity index is 688. The average Bonchev–Trinajstić information content (AvgIpc) is 2.39. The van der Waals surface area contributed by atoms with E-state index in [2.05, 4.69) is 0 Å². The molecule has 0 aliphatic carbocycles. The van der Waals surface area contributed by atoms with Crippen LogP contribution in [0.25, 0.3) is 0 Å². The number of benzene rings is 2. The molecule has 0 saturated heterocycles. The van der Waals surface area contributed by atoms with Crippen LogP contribution in [-0.4, -0.2) is 8.42 Å². The maximum atomic E-state index is 11.9. The molecule has 0 N–H and O–H groups in total. The lowest BCUT2D eigenvalue weighted by molar-refractivity contribution is 0.486. The summed E-state index contributed by atoms with van der Waals surface area (Å²) in [5.74, 6) is 0.236. The van der Waals surface area contributed by atoms with Gasteiger partial charge in [-0.1, -0.05) is 24.3 Å². The molecule has 0 aromatic heterocycles. The molecule has 0 aliphatic rings. The van der Waals surface area contributed by atoms with Gasteiger partial charge in [-0.2, -0.15) is 13.7 Å². The standard InChI is InChI=1S/C13H9NO3S/c14-10-11-5-4-8-13(9-11)18(15,16)17-12-6-2-1-3-7-12/h1-9H. The highest BCUT2D eigenvalue weighted by Crippen LogP contribution is 2.18.